The number of fused-ring (bicyclic) bond motifs is 2. The second kappa shape index (κ2) is 3.66. The quantitative estimate of drug-likeness (QED) is 0.629. The molecule has 0 unspecified atom stereocenters. The van der Waals surface area contributed by atoms with Crippen LogP contribution in [0.3, 0.4) is 0 Å². The van der Waals surface area contributed by atoms with Gasteiger partial charge < -0.3 is 0 Å². The van der Waals surface area contributed by atoms with Crippen LogP contribution in [0, 0.1) is 22.2 Å². The zero-order chi connectivity index (χ0) is 15.3. The third-order valence-electron chi connectivity index (χ3n) is 8.05. The van der Waals surface area contributed by atoms with Gasteiger partial charge in [-0.2, -0.15) is 0 Å². The Balaban J connectivity index is 1.69. The average molecular weight is 296 g/mol. The van der Waals surface area contributed by atoms with Gasteiger partial charge in [-0.3, -0.25) is 9.59 Å². The van der Waals surface area contributed by atoms with Gasteiger partial charge >= 0.3 is 0 Å². The maximum absolute atomic E-state index is 12.4. The van der Waals surface area contributed by atoms with E-state index in [-0.39, 0.29) is 16.2 Å². The summed E-state index contributed by atoms with van der Waals surface area (Å²) in [6, 6.07) is 0. The van der Waals surface area contributed by atoms with Crippen LogP contribution in [0.25, 0.3) is 0 Å². The van der Waals surface area contributed by atoms with Crippen LogP contribution in [0.4, 0.5) is 0 Å². The van der Waals surface area contributed by atoms with Gasteiger partial charge in [0.05, 0.1) is 0 Å². The molecule has 2 saturated carbocycles. The standard InChI is InChI=1S/C20H24O2/c1-18-7-6-14-15(20(18)10-16(20)17(22)11-18)4-3-12-9-13(21)5-8-19(12,14)2/h9,16H,3-8,10-11H2,1-2H3/t16-,18+,19-,20+/m0/s1. The molecule has 5 aliphatic rings. The zero-order valence-electron chi connectivity index (χ0n) is 13.6. The fraction of sp³-hybridized carbons (Fsp3) is 0.700. The van der Waals surface area contributed by atoms with Crippen molar-refractivity contribution in [2.75, 3.05) is 0 Å². The van der Waals surface area contributed by atoms with Crippen molar-refractivity contribution in [2.24, 2.45) is 22.2 Å². The van der Waals surface area contributed by atoms with Crippen molar-refractivity contribution in [3.8, 4) is 0 Å². The van der Waals surface area contributed by atoms with Crippen LogP contribution in [-0.2, 0) is 9.59 Å². The lowest BCUT2D eigenvalue weighted by atomic mass is 9.53. The minimum atomic E-state index is 0.121. The number of Topliss-reactive ketones (excluding diaryl/α,β-unsaturated/α-hetero) is 1. The Labute approximate surface area is 132 Å². The molecule has 116 valence electrons. The first-order valence-electron chi connectivity index (χ1n) is 8.90. The molecular weight excluding hydrogens is 272 g/mol. The highest BCUT2D eigenvalue weighted by Gasteiger charge is 2.75. The van der Waals surface area contributed by atoms with Crippen LogP contribution < -0.4 is 0 Å². The van der Waals surface area contributed by atoms with E-state index in [2.05, 4.69) is 13.8 Å². The van der Waals surface area contributed by atoms with E-state index < -0.39 is 0 Å². The smallest absolute Gasteiger partial charge is 0.155 e. The maximum atomic E-state index is 12.4. The summed E-state index contributed by atoms with van der Waals surface area (Å²) >= 11 is 0. The summed E-state index contributed by atoms with van der Waals surface area (Å²) in [6.45, 7) is 4.74. The molecular formula is C20H24O2. The van der Waals surface area contributed by atoms with E-state index in [1.165, 1.54) is 12.0 Å². The second-order valence-electron chi connectivity index (χ2n) is 8.86. The number of hydrogen-bond acceptors (Lipinski definition) is 2. The summed E-state index contributed by atoms with van der Waals surface area (Å²) in [5, 5.41) is 0. The maximum Gasteiger partial charge on any atom is 0.155 e. The molecule has 0 aromatic heterocycles. The molecule has 2 fully saturated rings. The lowest BCUT2D eigenvalue weighted by Gasteiger charge is -2.51. The van der Waals surface area contributed by atoms with E-state index in [0.29, 0.717) is 23.9 Å². The highest BCUT2D eigenvalue weighted by molar-refractivity contribution is 5.93. The van der Waals surface area contributed by atoms with Crippen LogP contribution in [0.1, 0.15) is 65.2 Å². The first kappa shape index (κ1) is 13.3. The summed E-state index contributed by atoms with van der Waals surface area (Å²) < 4.78 is 0. The summed E-state index contributed by atoms with van der Waals surface area (Å²) in [7, 11) is 0. The van der Waals surface area contributed by atoms with Gasteiger partial charge in [-0.05, 0) is 50.0 Å². The van der Waals surface area contributed by atoms with Gasteiger partial charge in [0.15, 0.2) is 5.78 Å². The molecule has 5 aliphatic carbocycles. The van der Waals surface area contributed by atoms with Gasteiger partial charge in [0.25, 0.3) is 0 Å². The van der Waals surface area contributed by atoms with Gasteiger partial charge in [-0.25, -0.2) is 0 Å². The van der Waals surface area contributed by atoms with Crippen molar-refractivity contribution in [3.63, 3.8) is 0 Å². The van der Waals surface area contributed by atoms with Crippen LogP contribution in [-0.4, -0.2) is 11.6 Å². The fourth-order valence-corrected chi connectivity index (χ4v) is 6.71. The minimum absolute atomic E-state index is 0.121. The number of carbonyl (C=O) groups is 2. The van der Waals surface area contributed by atoms with Gasteiger partial charge in [0.2, 0.25) is 0 Å². The van der Waals surface area contributed by atoms with E-state index in [9.17, 15) is 9.59 Å². The van der Waals surface area contributed by atoms with E-state index in [1.807, 2.05) is 6.08 Å². The van der Waals surface area contributed by atoms with Crippen molar-refractivity contribution in [1.82, 2.24) is 0 Å². The number of rotatable bonds is 0. The van der Waals surface area contributed by atoms with Crippen molar-refractivity contribution in [2.45, 2.75) is 65.2 Å². The number of allylic oxidation sites excluding steroid dienone is 4. The highest BCUT2D eigenvalue weighted by Crippen LogP contribution is 2.79. The average Bonchev–Trinajstić information content (AvgIpc) is 3.17. The molecule has 1 spiro atoms. The fourth-order valence-electron chi connectivity index (χ4n) is 6.71. The minimum Gasteiger partial charge on any atom is -0.299 e. The van der Waals surface area contributed by atoms with Crippen molar-refractivity contribution < 1.29 is 9.59 Å². The lowest BCUT2D eigenvalue weighted by molar-refractivity contribution is -0.120. The number of carbonyl (C=O) groups excluding carboxylic acids is 2. The normalized spacial score (nSPS) is 49.2. The van der Waals surface area contributed by atoms with E-state index >= 15 is 0 Å². The Kier molecular flexibility index (Phi) is 2.21. The third-order valence-corrected chi connectivity index (χ3v) is 8.05. The molecule has 0 N–H and O–H groups in total. The predicted molar refractivity (Wildman–Crippen MR) is 84.2 cm³/mol. The monoisotopic (exact) mass is 296 g/mol. The topological polar surface area (TPSA) is 34.1 Å². The molecule has 0 aliphatic heterocycles. The molecule has 0 bridgehead atoms. The molecule has 0 amide bonds. The van der Waals surface area contributed by atoms with Crippen LogP contribution in [0.2, 0.25) is 0 Å². The van der Waals surface area contributed by atoms with Crippen LogP contribution >= 0.6 is 0 Å². The van der Waals surface area contributed by atoms with Crippen molar-refractivity contribution in [1.29, 1.82) is 0 Å². The Morgan fingerprint density at radius 1 is 1.00 bits per heavy atom. The van der Waals surface area contributed by atoms with Gasteiger partial charge in [0.1, 0.15) is 5.78 Å². The molecule has 0 saturated heterocycles. The molecule has 2 nitrogen and oxygen atoms in total. The van der Waals surface area contributed by atoms with Crippen molar-refractivity contribution in [3.05, 3.63) is 22.8 Å². The van der Waals surface area contributed by atoms with Gasteiger partial charge in [0, 0.05) is 29.6 Å². The summed E-state index contributed by atoms with van der Waals surface area (Å²) in [6.07, 6.45) is 10.0. The molecule has 5 rings (SSSR count). The Morgan fingerprint density at radius 3 is 2.59 bits per heavy atom. The SMILES string of the molecule is C[C@]12CCC(=O)C=C1CCC1=C2CC[C@]2(C)CC(=O)[C@@H]3C[C@@]132. The molecule has 4 atom stereocenters. The van der Waals surface area contributed by atoms with Crippen molar-refractivity contribution >= 4 is 11.6 Å². The van der Waals surface area contributed by atoms with Gasteiger partial charge in [-0.15, -0.1) is 0 Å². The summed E-state index contributed by atoms with van der Waals surface area (Å²) in [4.78, 5) is 24.2. The molecule has 0 radical (unpaired) electrons. The van der Waals surface area contributed by atoms with Crippen LogP contribution in [0.5, 0.6) is 0 Å². The Morgan fingerprint density at radius 2 is 1.82 bits per heavy atom. The lowest BCUT2D eigenvalue weighted by Crippen LogP contribution is -2.40. The summed E-state index contributed by atoms with van der Waals surface area (Å²) in [5.74, 6) is 1.18. The number of ketones is 2. The third kappa shape index (κ3) is 1.26. The molecule has 0 aromatic rings. The van der Waals surface area contributed by atoms with E-state index in [1.54, 1.807) is 11.1 Å². The first-order valence-corrected chi connectivity index (χ1v) is 8.90. The van der Waals surface area contributed by atoms with Gasteiger partial charge in [-0.1, -0.05) is 30.6 Å². The molecule has 0 heterocycles. The second-order valence-corrected chi connectivity index (χ2v) is 8.86. The molecule has 2 heteroatoms. The Hall–Kier alpha value is -1.18. The number of hydrogen-bond donors (Lipinski definition) is 0. The largest absolute Gasteiger partial charge is 0.299 e. The predicted octanol–water partition coefficient (Wildman–Crippen LogP) is 4.15. The Bertz CT molecular complexity index is 696. The molecule has 0 aromatic carbocycles. The first-order chi connectivity index (χ1) is 10.4. The zero-order valence-corrected chi connectivity index (χ0v) is 13.6. The summed E-state index contributed by atoms with van der Waals surface area (Å²) in [5.41, 5.74) is 5.25. The van der Waals surface area contributed by atoms with E-state index in [4.69, 9.17) is 0 Å². The molecule has 22 heavy (non-hydrogen) atoms. The highest BCUT2D eigenvalue weighted by atomic mass is 16.1. The van der Waals surface area contributed by atoms with Crippen LogP contribution in [0.15, 0.2) is 22.8 Å². The van der Waals surface area contributed by atoms with E-state index in [0.717, 1.165) is 38.5 Å².